The lowest BCUT2D eigenvalue weighted by atomic mass is 10.1. The number of rotatable bonds is 3. The monoisotopic (exact) mass is 267 g/mol. The molecule has 0 unspecified atom stereocenters. The van der Waals surface area contributed by atoms with Crippen molar-refractivity contribution < 1.29 is 19.4 Å². The fraction of sp³-hybridized carbons (Fsp3) is 0.167. The van der Waals surface area contributed by atoms with Crippen LogP contribution in [0.15, 0.2) is 18.2 Å². The second kappa shape index (κ2) is 4.70. The summed E-state index contributed by atoms with van der Waals surface area (Å²) in [5.41, 5.74) is 0.291. The Morgan fingerprint density at radius 3 is 2.56 bits per heavy atom. The van der Waals surface area contributed by atoms with Crippen molar-refractivity contribution in [1.82, 2.24) is 4.98 Å². The second-order valence-electron chi connectivity index (χ2n) is 3.52. The molecule has 1 aromatic carbocycles. The van der Waals surface area contributed by atoms with Crippen molar-refractivity contribution >= 4 is 28.5 Å². The van der Waals surface area contributed by atoms with E-state index in [1.165, 1.54) is 20.3 Å². The largest absolute Gasteiger partial charge is 0.497 e. The first-order chi connectivity index (χ1) is 8.56. The van der Waals surface area contributed by atoms with Crippen LogP contribution in [0.5, 0.6) is 11.5 Å². The number of fused-ring (bicyclic) bond motifs is 1. The highest BCUT2D eigenvalue weighted by Crippen LogP contribution is 2.35. The van der Waals surface area contributed by atoms with E-state index in [1.54, 1.807) is 12.1 Å². The lowest BCUT2D eigenvalue weighted by molar-refractivity contribution is 0.0691. The SMILES string of the molecule is COc1cc(OC)c2c(Cl)cc(C(=O)O)nc2c1. The van der Waals surface area contributed by atoms with Gasteiger partial charge in [0.2, 0.25) is 0 Å². The van der Waals surface area contributed by atoms with Crippen LogP contribution in [-0.4, -0.2) is 30.3 Å². The first-order valence-electron chi connectivity index (χ1n) is 5.02. The molecule has 0 saturated heterocycles. The number of halogens is 1. The first-order valence-corrected chi connectivity index (χ1v) is 5.40. The molecular formula is C12H10ClNO4. The minimum absolute atomic E-state index is 0.122. The number of benzene rings is 1. The van der Waals surface area contributed by atoms with E-state index in [1.807, 2.05) is 0 Å². The second-order valence-corrected chi connectivity index (χ2v) is 3.93. The summed E-state index contributed by atoms with van der Waals surface area (Å²) < 4.78 is 10.3. The van der Waals surface area contributed by atoms with Crippen LogP contribution in [0.2, 0.25) is 5.02 Å². The molecule has 0 amide bonds. The third-order valence-corrected chi connectivity index (χ3v) is 2.77. The molecule has 1 aromatic heterocycles. The minimum atomic E-state index is -1.14. The van der Waals surface area contributed by atoms with Gasteiger partial charge in [0.15, 0.2) is 0 Å². The Kier molecular flexibility index (Phi) is 3.25. The molecule has 0 radical (unpaired) electrons. The van der Waals surface area contributed by atoms with Crippen LogP contribution in [-0.2, 0) is 0 Å². The van der Waals surface area contributed by atoms with Crippen molar-refractivity contribution in [1.29, 1.82) is 0 Å². The van der Waals surface area contributed by atoms with E-state index in [0.29, 0.717) is 22.4 Å². The van der Waals surface area contributed by atoms with Gasteiger partial charge >= 0.3 is 5.97 Å². The van der Waals surface area contributed by atoms with Gasteiger partial charge in [0.1, 0.15) is 17.2 Å². The number of aromatic carboxylic acids is 1. The van der Waals surface area contributed by atoms with Gasteiger partial charge in [0.25, 0.3) is 0 Å². The molecule has 0 spiro atoms. The zero-order chi connectivity index (χ0) is 13.3. The average Bonchev–Trinajstić information content (AvgIpc) is 2.36. The fourth-order valence-corrected chi connectivity index (χ4v) is 1.94. The van der Waals surface area contributed by atoms with Crippen LogP contribution >= 0.6 is 11.6 Å². The summed E-state index contributed by atoms with van der Waals surface area (Å²) >= 11 is 6.06. The molecule has 1 N–H and O–H groups in total. The van der Waals surface area contributed by atoms with Gasteiger partial charge in [-0.2, -0.15) is 0 Å². The molecule has 94 valence electrons. The molecular weight excluding hydrogens is 258 g/mol. The summed E-state index contributed by atoms with van der Waals surface area (Å²) in [6.45, 7) is 0. The Morgan fingerprint density at radius 1 is 1.28 bits per heavy atom. The van der Waals surface area contributed by atoms with Crippen LogP contribution < -0.4 is 9.47 Å². The molecule has 0 bridgehead atoms. The van der Waals surface area contributed by atoms with Gasteiger partial charge in [0, 0.05) is 12.1 Å². The van der Waals surface area contributed by atoms with Crippen LogP contribution in [0, 0.1) is 0 Å². The zero-order valence-corrected chi connectivity index (χ0v) is 10.5. The summed E-state index contributed by atoms with van der Waals surface area (Å²) in [5.74, 6) is -0.134. The highest BCUT2D eigenvalue weighted by Gasteiger charge is 2.14. The van der Waals surface area contributed by atoms with Crippen LogP contribution in [0.1, 0.15) is 10.5 Å². The van der Waals surface area contributed by atoms with Crippen molar-refractivity contribution in [2.75, 3.05) is 14.2 Å². The van der Waals surface area contributed by atoms with Gasteiger partial charge in [-0.15, -0.1) is 0 Å². The van der Waals surface area contributed by atoms with E-state index >= 15 is 0 Å². The molecule has 2 aromatic rings. The van der Waals surface area contributed by atoms with E-state index in [4.69, 9.17) is 26.2 Å². The number of carboxylic acid groups (broad SMARTS) is 1. The average molecular weight is 268 g/mol. The third kappa shape index (κ3) is 2.04. The van der Waals surface area contributed by atoms with Crippen molar-refractivity contribution in [3.05, 3.63) is 28.9 Å². The maximum atomic E-state index is 10.9. The molecule has 0 atom stereocenters. The summed E-state index contributed by atoms with van der Waals surface area (Å²) in [7, 11) is 3.00. The molecule has 1 heterocycles. The Morgan fingerprint density at radius 2 is 2.00 bits per heavy atom. The molecule has 0 fully saturated rings. The van der Waals surface area contributed by atoms with Crippen LogP contribution in [0.4, 0.5) is 0 Å². The molecule has 0 aliphatic heterocycles. The lowest BCUT2D eigenvalue weighted by Crippen LogP contribution is -2.01. The number of ether oxygens (including phenoxy) is 2. The third-order valence-electron chi connectivity index (χ3n) is 2.47. The molecule has 0 aliphatic carbocycles. The topological polar surface area (TPSA) is 68.7 Å². The van der Waals surface area contributed by atoms with E-state index in [0.717, 1.165) is 0 Å². The van der Waals surface area contributed by atoms with Crippen LogP contribution in [0.3, 0.4) is 0 Å². The first kappa shape index (κ1) is 12.4. The summed E-state index contributed by atoms with van der Waals surface area (Å²) in [6, 6.07) is 4.56. The fourth-order valence-electron chi connectivity index (χ4n) is 1.65. The Hall–Kier alpha value is -2.01. The number of nitrogens with zero attached hydrogens (tertiary/aromatic N) is 1. The van der Waals surface area contributed by atoms with Crippen molar-refractivity contribution in [2.24, 2.45) is 0 Å². The number of aromatic nitrogens is 1. The summed E-state index contributed by atoms with van der Waals surface area (Å²) in [5, 5.41) is 9.77. The quantitative estimate of drug-likeness (QED) is 0.926. The number of carboxylic acids is 1. The number of carbonyl (C=O) groups is 1. The summed E-state index contributed by atoms with van der Waals surface area (Å²) in [6.07, 6.45) is 0. The van der Waals surface area contributed by atoms with Crippen molar-refractivity contribution in [3.63, 3.8) is 0 Å². The van der Waals surface area contributed by atoms with E-state index < -0.39 is 5.97 Å². The maximum absolute atomic E-state index is 10.9. The van der Waals surface area contributed by atoms with E-state index in [-0.39, 0.29) is 10.7 Å². The number of methoxy groups -OCH3 is 2. The normalized spacial score (nSPS) is 10.4. The molecule has 2 rings (SSSR count). The van der Waals surface area contributed by atoms with E-state index in [9.17, 15) is 4.79 Å². The predicted molar refractivity (Wildman–Crippen MR) is 66.8 cm³/mol. The molecule has 0 aliphatic rings. The molecule has 18 heavy (non-hydrogen) atoms. The highest BCUT2D eigenvalue weighted by atomic mass is 35.5. The standard InChI is InChI=1S/C12H10ClNO4/c1-17-6-3-8-11(10(4-6)18-2)7(13)5-9(14-8)12(15)16/h3-5H,1-2H3,(H,15,16). The smallest absolute Gasteiger partial charge is 0.354 e. The van der Waals surface area contributed by atoms with Gasteiger partial charge in [-0.1, -0.05) is 11.6 Å². The number of hydrogen-bond donors (Lipinski definition) is 1. The van der Waals surface area contributed by atoms with Crippen molar-refractivity contribution in [2.45, 2.75) is 0 Å². The van der Waals surface area contributed by atoms with Gasteiger partial charge < -0.3 is 14.6 Å². The number of hydrogen-bond acceptors (Lipinski definition) is 4. The minimum Gasteiger partial charge on any atom is -0.497 e. The molecule has 6 heteroatoms. The summed E-state index contributed by atoms with van der Waals surface area (Å²) in [4.78, 5) is 14.9. The maximum Gasteiger partial charge on any atom is 0.354 e. The van der Waals surface area contributed by atoms with Gasteiger partial charge in [0.05, 0.1) is 30.1 Å². The van der Waals surface area contributed by atoms with Gasteiger partial charge in [-0.05, 0) is 6.07 Å². The Bertz CT molecular complexity index is 627. The van der Waals surface area contributed by atoms with Crippen molar-refractivity contribution in [3.8, 4) is 11.5 Å². The van der Waals surface area contributed by atoms with Crippen LogP contribution in [0.25, 0.3) is 10.9 Å². The molecule has 0 saturated carbocycles. The Balaban J connectivity index is 2.82. The van der Waals surface area contributed by atoms with E-state index in [2.05, 4.69) is 4.98 Å². The Labute approximate surface area is 108 Å². The predicted octanol–water partition coefficient (Wildman–Crippen LogP) is 2.60. The highest BCUT2D eigenvalue weighted by molar-refractivity contribution is 6.36. The molecule has 5 nitrogen and oxygen atoms in total. The number of pyridine rings is 1. The lowest BCUT2D eigenvalue weighted by Gasteiger charge is -2.10. The van der Waals surface area contributed by atoms with Gasteiger partial charge in [-0.25, -0.2) is 9.78 Å². The zero-order valence-electron chi connectivity index (χ0n) is 9.73. The van der Waals surface area contributed by atoms with Gasteiger partial charge in [-0.3, -0.25) is 0 Å².